The molecule has 0 aromatic heterocycles. The highest BCUT2D eigenvalue weighted by Gasteiger charge is 2.51. The van der Waals surface area contributed by atoms with E-state index in [2.05, 4.69) is 16.3 Å². The van der Waals surface area contributed by atoms with E-state index in [1.807, 2.05) is 0 Å². The van der Waals surface area contributed by atoms with Gasteiger partial charge in [-0.25, -0.2) is 0 Å². The van der Waals surface area contributed by atoms with Gasteiger partial charge < -0.3 is 10.4 Å². The molecule has 0 spiro atoms. The quantitative estimate of drug-likeness (QED) is 0.856. The van der Waals surface area contributed by atoms with Crippen molar-refractivity contribution >= 4 is 11.6 Å². The van der Waals surface area contributed by atoms with Gasteiger partial charge in [0.1, 0.15) is 6.07 Å². The average molecular weight is 285 g/mol. The van der Waals surface area contributed by atoms with Crippen LogP contribution in [0, 0.1) is 17.2 Å². The van der Waals surface area contributed by atoms with Crippen LogP contribution in [0.4, 0.5) is 5.69 Å². The summed E-state index contributed by atoms with van der Waals surface area (Å²) in [7, 11) is 0. The van der Waals surface area contributed by atoms with Gasteiger partial charge in [0.2, 0.25) is 5.91 Å². The molecule has 5 heteroatoms. The van der Waals surface area contributed by atoms with Gasteiger partial charge in [-0.3, -0.25) is 9.69 Å². The van der Waals surface area contributed by atoms with Crippen LogP contribution in [-0.2, 0) is 4.79 Å². The third kappa shape index (κ3) is 3.07. The molecule has 0 radical (unpaired) electrons. The maximum Gasteiger partial charge on any atom is 0.225 e. The maximum atomic E-state index is 11.9. The molecule has 1 heterocycles. The number of anilines is 1. The lowest BCUT2D eigenvalue weighted by Gasteiger charge is -2.47. The summed E-state index contributed by atoms with van der Waals surface area (Å²) >= 11 is 0. The number of β-amino-alcohol motifs (C(OH)–C–C–N with tert-alkyl or cyclic N) is 1. The SMILES string of the molecule is N#Cc1ccccc1NC(=O)CCN1CC(O)(C2CC2)C1. The van der Waals surface area contributed by atoms with Crippen LogP contribution >= 0.6 is 0 Å². The number of nitrogens with one attached hydrogen (secondary N) is 1. The number of aliphatic hydroxyl groups is 1. The molecule has 2 aliphatic rings. The van der Waals surface area contributed by atoms with E-state index >= 15 is 0 Å². The summed E-state index contributed by atoms with van der Waals surface area (Å²) < 4.78 is 0. The van der Waals surface area contributed by atoms with Crippen LogP contribution in [0.2, 0.25) is 0 Å². The predicted molar refractivity (Wildman–Crippen MR) is 78.5 cm³/mol. The summed E-state index contributed by atoms with van der Waals surface area (Å²) in [6.07, 6.45) is 2.64. The Bertz CT molecular complexity index is 583. The van der Waals surface area contributed by atoms with Crippen molar-refractivity contribution < 1.29 is 9.90 Å². The zero-order valence-corrected chi connectivity index (χ0v) is 11.9. The first-order chi connectivity index (χ1) is 10.1. The predicted octanol–water partition coefficient (Wildman–Crippen LogP) is 1.34. The molecule has 1 amide bonds. The van der Waals surface area contributed by atoms with Crippen molar-refractivity contribution in [2.45, 2.75) is 24.9 Å². The van der Waals surface area contributed by atoms with Crippen LogP contribution in [0.5, 0.6) is 0 Å². The molecular formula is C16H19N3O2. The van der Waals surface area contributed by atoms with Gasteiger partial charge in [0.15, 0.2) is 0 Å². The summed E-state index contributed by atoms with van der Waals surface area (Å²) in [5.74, 6) is 0.379. The highest BCUT2D eigenvalue weighted by atomic mass is 16.3. The van der Waals surface area contributed by atoms with Crippen molar-refractivity contribution in [2.75, 3.05) is 25.0 Å². The topological polar surface area (TPSA) is 76.4 Å². The molecule has 110 valence electrons. The van der Waals surface area contributed by atoms with E-state index in [9.17, 15) is 9.90 Å². The van der Waals surface area contributed by atoms with Crippen molar-refractivity contribution in [3.8, 4) is 6.07 Å². The number of carbonyl (C=O) groups is 1. The minimum atomic E-state index is -0.496. The Hall–Kier alpha value is -1.90. The molecule has 1 saturated heterocycles. The number of carbonyl (C=O) groups excluding carboxylic acids is 1. The van der Waals surface area contributed by atoms with E-state index in [0.717, 1.165) is 12.8 Å². The molecule has 2 N–H and O–H groups in total. The standard InChI is InChI=1S/C16H19N3O2/c17-9-12-3-1-2-4-14(12)18-15(20)7-8-19-10-16(21,11-19)13-5-6-13/h1-4,13,21H,5-8,10-11H2,(H,18,20). The Morgan fingerprint density at radius 3 is 2.81 bits per heavy atom. The number of likely N-dealkylation sites (tertiary alicyclic amines) is 1. The number of rotatable bonds is 5. The number of hydrogen-bond donors (Lipinski definition) is 2. The van der Waals surface area contributed by atoms with Crippen molar-refractivity contribution in [3.05, 3.63) is 29.8 Å². The number of hydrogen-bond acceptors (Lipinski definition) is 4. The Kier molecular flexibility index (Phi) is 3.66. The summed E-state index contributed by atoms with van der Waals surface area (Å²) in [6, 6.07) is 9.03. The second-order valence-electron chi connectivity index (χ2n) is 6.04. The summed E-state index contributed by atoms with van der Waals surface area (Å²) in [5, 5.41) is 22.0. The Morgan fingerprint density at radius 1 is 1.43 bits per heavy atom. The first-order valence-electron chi connectivity index (χ1n) is 7.34. The van der Waals surface area contributed by atoms with Gasteiger partial charge in [-0.2, -0.15) is 5.26 Å². The fourth-order valence-electron chi connectivity index (χ4n) is 2.93. The lowest BCUT2D eigenvalue weighted by Crippen LogP contribution is -2.63. The first kappa shape index (κ1) is 14.1. The molecular weight excluding hydrogens is 266 g/mol. The minimum Gasteiger partial charge on any atom is -0.387 e. The highest BCUT2D eigenvalue weighted by molar-refractivity contribution is 5.92. The van der Waals surface area contributed by atoms with Crippen LogP contribution in [0.25, 0.3) is 0 Å². The Labute approximate surface area is 124 Å². The van der Waals surface area contributed by atoms with E-state index < -0.39 is 5.60 Å². The lowest BCUT2D eigenvalue weighted by atomic mass is 9.88. The van der Waals surface area contributed by atoms with Gasteiger partial charge in [-0.1, -0.05) is 12.1 Å². The van der Waals surface area contributed by atoms with Crippen molar-refractivity contribution in [1.82, 2.24) is 4.90 Å². The second kappa shape index (κ2) is 5.47. The van der Waals surface area contributed by atoms with Gasteiger partial charge in [-0.15, -0.1) is 0 Å². The third-order valence-electron chi connectivity index (χ3n) is 4.31. The molecule has 21 heavy (non-hydrogen) atoms. The summed E-state index contributed by atoms with van der Waals surface area (Å²) in [4.78, 5) is 14.0. The summed E-state index contributed by atoms with van der Waals surface area (Å²) in [5.41, 5.74) is 0.533. The zero-order chi connectivity index (χ0) is 14.9. The van der Waals surface area contributed by atoms with Gasteiger partial charge in [0.25, 0.3) is 0 Å². The fraction of sp³-hybridized carbons (Fsp3) is 0.500. The first-order valence-corrected chi connectivity index (χ1v) is 7.34. The van der Waals surface area contributed by atoms with Gasteiger partial charge in [0.05, 0.1) is 16.9 Å². The highest BCUT2D eigenvalue weighted by Crippen LogP contribution is 2.44. The van der Waals surface area contributed by atoms with Crippen molar-refractivity contribution in [1.29, 1.82) is 5.26 Å². The van der Waals surface area contributed by atoms with Crippen LogP contribution in [0.3, 0.4) is 0 Å². The number of benzene rings is 1. The molecule has 1 aliphatic heterocycles. The summed E-state index contributed by atoms with van der Waals surface area (Å²) in [6.45, 7) is 2.01. The third-order valence-corrected chi connectivity index (χ3v) is 4.31. The number of amides is 1. The maximum absolute atomic E-state index is 11.9. The molecule has 0 bridgehead atoms. The fourth-order valence-corrected chi connectivity index (χ4v) is 2.93. The molecule has 0 unspecified atom stereocenters. The van der Waals surface area contributed by atoms with Gasteiger partial charge in [-0.05, 0) is 30.9 Å². The second-order valence-corrected chi connectivity index (χ2v) is 6.04. The van der Waals surface area contributed by atoms with Crippen molar-refractivity contribution in [2.24, 2.45) is 5.92 Å². The van der Waals surface area contributed by atoms with E-state index in [0.29, 0.717) is 43.2 Å². The molecule has 1 saturated carbocycles. The Morgan fingerprint density at radius 2 is 2.14 bits per heavy atom. The van der Waals surface area contributed by atoms with Gasteiger partial charge >= 0.3 is 0 Å². The molecule has 5 nitrogen and oxygen atoms in total. The minimum absolute atomic E-state index is 0.0976. The normalized spacial score (nSPS) is 20.4. The molecule has 0 atom stereocenters. The molecule has 2 fully saturated rings. The number of nitriles is 1. The smallest absolute Gasteiger partial charge is 0.225 e. The number of nitrogens with zero attached hydrogens (tertiary/aromatic N) is 2. The molecule has 1 aliphatic carbocycles. The zero-order valence-electron chi connectivity index (χ0n) is 11.9. The van der Waals surface area contributed by atoms with Crippen LogP contribution < -0.4 is 5.32 Å². The number of para-hydroxylation sites is 1. The van der Waals surface area contributed by atoms with Crippen LogP contribution in [0.1, 0.15) is 24.8 Å². The van der Waals surface area contributed by atoms with Crippen LogP contribution in [-0.4, -0.2) is 41.1 Å². The van der Waals surface area contributed by atoms with Crippen LogP contribution in [0.15, 0.2) is 24.3 Å². The molecule has 3 rings (SSSR count). The van der Waals surface area contributed by atoms with Gasteiger partial charge in [0, 0.05) is 26.1 Å². The monoisotopic (exact) mass is 285 g/mol. The van der Waals surface area contributed by atoms with E-state index in [-0.39, 0.29) is 5.91 Å². The average Bonchev–Trinajstić information content (AvgIpc) is 3.27. The molecule has 1 aromatic rings. The molecule has 1 aromatic carbocycles. The Balaban J connectivity index is 1.44. The lowest BCUT2D eigenvalue weighted by molar-refractivity contribution is -0.124. The van der Waals surface area contributed by atoms with E-state index in [1.165, 1.54) is 0 Å². The largest absolute Gasteiger partial charge is 0.387 e. The van der Waals surface area contributed by atoms with E-state index in [1.54, 1.807) is 24.3 Å². The van der Waals surface area contributed by atoms with E-state index in [4.69, 9.17) is 5.26 Å². The van der Waals surface area contributed by atoms with Crippen molar-refractivity contribution in [3.63, 3.8) is 0 Å².